The van der Waals surface area contributed by atoms with Gasteiger partial charge in [-0.3, -0.25) is 9.80 Å². The van der Waals surface area contributed by atoms with Crippen LogP contribution in [0.25, 0.3) is 0 Å². The topological polar surface area (TPSA) is 35.9 Å². The molecule has 2 saturated heterocycles. The van der Waals surface area contributed by atoms with Gasteiger partial charge in [0.1, 0.15) is 18.5 Å². The van der Waals surface area contributed by atoms with Crippen molar-refractivity contribution in [3.05, 3.63) is 28.8 Å². The molecule has 0 aliphatic carbocycles. The minimum atomic E-state index is -0.434. The van der Waals surface area contributed by atoms with Crippen LogP contribution in [0, 0.1) is 20.8 Å². The van der Waals surface area contributed by atoms with Crippen LogP contribution in [0.2, 0.25) is 0 Å². The van der Waals surface area contributed by atoms with Crippen LogP contribution in [0.1, 0.15) is 42.4 Å². The Morgan fingerprint density at radius 1 is 1.08 bits per heavy atom. The van der Waals surface area contributed by atoms with Gasteiger partial charge in [0, 0.05) is 19.1 Å². The number of aryl methyl sites for hydroxylation is 2. The Labute approximate surface area is 152 Å². The van der Waals surface area contributed by atoms with Crippen molar-refractivity contribution in [2.75, 3.05) is 39.3 Å². The fourth-order valence-electron chi connectivity index (χ4n) is 4.28. The van der Waals surface area contributed by atoms with E-state index in [0.717, 1.165) is 24.4 Å². The molecule has 1 N–H and O–H groups in total. The molecule has 2 aliphatic heterocycles. The van der Waals surface area contributed by atoms with Crippen LogP contribution in [-0.2, 0) is 0 Å². The summed E-state index contributed by atoms with van der Waals surface area (Å²) in [4.78, 5) is 5.07. The van der Waals surface area contributed by atoms with E-state index < -0.39 is 6.10 Å². The highest BCUT2D eigenvalue weighted by Crippen LogP contribution is 2.26. The van der Waals surface area contributed by atoms with Crippen molar-refractivity contribution in [2.24, 2.45) is 0 Å². The molecule has 2 aliphatic rings. The van der Waals surface area contributed by atoms with Gasteiger partial charge in [-0.05, 0) is 82.8 Å². The van der Waals surface area contributed by atoms with Crippen LogP contribution < -0.4 is 4.74 Å². The van der Waals surface area contributed by atoms with Crippen molar-refractivity contribution >= 4 is 0 Å². The van der Waals surface area contributed by atoms with Crippen LogP contribution in [0.5, 0.6) is 5.75 Å². The van der Waals surface area contributed by atoms with Gasteiger partial charge in [0.25, 0.3) is 0 Å². The molecule has 2 heterocycles. The summed E-state index contributed by atoms with van der Waals surface area (Å²) in [5.41, 5.74) is 3.56. The molecule has 0 aromatic heterocycles. The molecule has 4 nitrogen and oxygen atoms in total. The molecule has 2 fully saturated rings. The zero-order valence-corrected chi connectivity index (χ0v) is 16.1. The molecule has 2 atom stereocenters. The summed E-state index contributed by atoms with van der Waals surface area (Å²) in [6.45, 7) is 12.1. The molecule has 140 valence electrons. The van der Waals surface area contributed by atoms with Crippen LogP contribution in [0.15, 0.2) is 12.1 Å². The monoisotopic (exact) mass is 346 g/mol. The van der Waals surface area contributed by atoms with Crippen molar-refractivity contribution in [1.29, 1.82) is 0 Å². The highest BCUT2D eigenvalue weighted by molar-refractivity contribution is 5.44. The van der Waals surface area contributed by atoms with Gasteiger partial charge in [-0.15, -0.1) is 0 Å². The van der Waals surface area contributed by atoms with Gasteiger partial charge >= 0.3 is 0 Å². The SMILES string of the molecule is Cc1ccc(C)c(OC[C@@H](O)CN2CCC[C@@H](N3CCCC3)C2)c1C. The first-order valence-corrected chi connectivity index (χ1v) is 9.88. The third-order valence-electron chi connectivity index (χ3n) is 5.90. The molecule has 25 heavy (non-hydrogen) atoms. The van der Waals surface area contributed by atoms with Crippen molar-refractivity contribution < 1.29 is 9.84 Å². The smallest absolute Gasteiger partial charge is 0.125 e. The number of piperidine rings is 1. The average molecular weight is 347 g/mol. The minimum absolute atomic E-state index is 0.371. The van der Waals surface area contributed by atoms with Crippen LogP contribution in [-0.4, -0.2) is 66.4 Å². The predicted octanol–water partition coefficient (Wildman–Crippen LogP) is 2.91. The number of β-amino-alcohol motifs (C(OH)–C–C–N with tert-alkyl or cyclic N) is 1. The standard InChI is InChI=1S/C21H34N2O2/c1-16-8-9-17(2)21(18(16)3)25-15-20(24)14-22-10-6-7-19(13-22)23-11-4-5-12-23/h8-9,19-20,24H,4-7,10-15H2,1-3H3/t19-,20+/m1/s1. The van der Waals surface area contributed by atoms with E-state index in [1.54, 1.807) is 0 Å². The summed E-state index contributed by atoms with van der Waals surface area (Å²) in [7, 11) is 0. The Morgan fingerprint density at radius 2 is 1.80 bits per heavy atom. The third kappa shape index (κ3) is 4.75. The lowest BCUT2D eigenvalue weighted by Crippen LogP contribution is -2.49. The normalized spacial score (nSPS) is 23.8. The minimum Gasteiger partial charge on any atom is -0.490 e. The second-order valence-electron chi connectivity index (χ2n) is 7.92. The predicted molar refractivity (Wildman–Crippen MR) is 102 cm³/mol. The molecule has 3 rings (SSSR count). The van der Waals surface area contributed by atoms with E-state index in [4.69, 9.17) is 4.74 Å². The molecule has 0 unspecified atom stereocenters. The first kappa shape index (κ1) is 18.7. The van der Waals surface area contributed by atoms with Gasteiger partial charge in [0.15, 0.2) is 0 Å². The van der Waals surface area contributed by atoms with E-state index in [9.17, 15) is 5.11 Å². The molecule has 1 aromatic rings. The number of hydrogen-bond acceptors (Lipinski definition) is 4. The zero-order chi connectivity index (χ0) is 17.8. The molecule has 1 aromatic carbocycles. The van der Waals surface area contributed by atoms with Crippen LogP contribution in [0.4, 0.5) is 0 Å². The van der Waals surface area contributed by atoms with Crippen molar-refractivity contribution in [3.8, 4) is 5.75 Å². The highest BCUT2D eigenvalue weighted by Gasteiger charge is 2.28. The van der Waals surface area contributed by atoms with E-state index in [1.807, 2.05) is 0 Å². The van der Waals surface area contributed by atoms with E-state index >= 15 is 0 Å². The second kappa shape index (κ2) is 8.52. The molecule has 4 heteroatoms. The second-order valence-corrected chi connectivity index (χ2v) is 7.92. The number of ether oxygens (including phenoxy) is 1. The lowest BCUT2D eigenvalue weighted by atomic mass is 10.0. The molecule has 0 radical (unpaired) electrons. The molecule has 0 saturated carbocycles. The maximum Gasteiger partial charge on any atom is 0.125 e. The van der Waals surface area contributed by atoms with Gasteiger partial charge in [-0.1, -0.05) is 12.1 Å². The van der Waals surface area contributed by atoms with Gasteiger partial charge in [-0.2, -0.15) is 0 Å². The zero-order valence-electron chi connectivity index (χ0n) is 16.1. The number of benzene rings is 1. The average Bonchev–Trinajstić information content (AvgIpc) is 3.13. The Kier molecular flexibility index (Phi) is 6.37. The van der Waals surface area contributed by atoms with Gasteiger partial charge in [0.05, 0.1) is 0 Å². The van der Waals surface area contributed by atoms with Crippen LogP contribution >= 0.6 is 0 Å². The van der Waals surface area contributed by atoms with E-state index in [1.165, 1.54) is 49.9 Å². The summed E-state index contributed by atoms with van der Waals surface area (Å²) in [5.74, 6) is 0.938. The number of likely N-dealkylation sites (tertiary alicyclic amines) is 2. The quantitative estimate of drug-likeness (QED) is 0.859. The summed E-state index contributed by atoms with van der Waals surface area (Å²) in [6.07, 6.45) is 4.82. The Bertz CT molecular complexity index is 569. The van der Waals surface area contributed by atoms with Crippen molar-refractivity contribution in [2.45, 2.75) is 58.6 Å². The maximum atomic E-state index is 10.5. The first-order valence-electron chi connectivity index (χ1n) is 9.88. The molecular formula is C21H34N2O2. The van der Waals surface area contributed by atoms with E-state index in [0.29, 0.717) is 19.2 Å². The third-order valence-corrected chi connectivity index (χ3v) is 5.90. The van der Waals surface area contributed by atoms with Gasteiger partial charge in [0.2, 0.25) is 0 Å². The molecule has 0 bridgehead atoms. The highest BCUT2D eigenvalue weighted by atomic mass is 16.5. The summed E-state index contributed by atoms with van der Waals surface area (Å²) >= 11 is 0. The van der Waals surface area contributed by atoms with Crippen LogP contribution in [0.3, 0.4) is 0 Å². The van der Waals surface area contributed by atoms with Gasteiger partial charge < -0.3 is 9.84 Å². The van der Waals surface area contributed by atoms with Gasteiger partial charge in [-0.25, -0.2) is 0 Å². The number of aliphatic hydroxyl groups is 1. The molecule has 0 amide bonds. The molecule has 0 spiro atoms. The number of nitrogens with zero attached hydrogens (tertiary/aromatic N) is 2. The van der Waals surface area contributed by atoms with E-state index in [-0.39, 0.29) is 0 Å². The summed E-state index contributed by atoms with van der Waals surface area (Å²) < 4.78 is 5.99. The maximum absolute atomic E-state index is 10.5. The van der Waals surface area contributed by atoms with Crippen molar-refractivity contribution in [3.63, 3.8) is 0 Å². The summed E-state index contributed by atoms with van der Waals surface area (Å²) in [6, 6.07) is 4.90. The lowest BCUT2D eigenvalue weighted by molar-refractivity contribution is 0.0413. The first-order chi connectivity index (χ1) is 12.0. The summed E-state index contributed by atoms with van der Waals surface area (Å²) in [5, 5.41) is 10.5. The molecular weight excluding hydrogens is 312 g/mol. The number of hydrogen-bond donors (Lipinski definition) is 1. The number of aliphatic hydroxyl groups excluding tert-OH is 1. The fourth-order valence-corrected chi connectivity index (χ4v) is 4.28. The Balaban J connectivity index is 1.49. The van der Waals surface area contributed by atoms with E-state index in [2.05, 4.69) is 42.7 Å². The Morgan fingerprint density at radius 3 is 2.56 bits per heavy atom. The van der Waals surface area contributed by atoms with Crippen molar-refractivity contribution in [1.82, 2.24) is 9.80 Å². The fraction of sp³-hybridized carbons (Fsp3) is 0.714. The lowest BCUT2D eigenvalue weighted by Gasteiger charge is -2.38. The number of rotatable bonds is 6. The largest absolute Gasteiger partial charge is 0.490 e. The Hall–Kier alpha value is -1.10.